The molecule has 0 saturated carbocycles. The normalized spacial score (nSPS) is 14.2. The van der Waals surface area contributed by atoms with E-state index in [1.807, 2.05) is 0 Å². The molecule has 0 bridgehead atoms. The zero-order valence-electron chi connectivity index (χ0n) is 6.50. The Kier molecular flexibility index (Phi) is 3.25. The van der Waals surface area contributed by atoms with Crippen molar-refractivity contribution in [3.8, 4) is 0 Å². The van der Waals surface area contributed by atoms with Crippen molar-refractivity contribution < 1.29 is 19.0 Å². The van der Waals surface area contributed by atoms with Crippen molar-refractivity contribution in [1.82, 2.24) is 0 Å². The van der Waals surface area contributed by atoms with Gasteiger partial charge < -0.3 is 15.6 Å². The van der Waals surface area contributed by atoms with Crippen LogP contribution in [0.25, 0.3) is 0 Å². The molecule has 1 amide bonds. The van der Waals surface area contributed by atoms with Crippen LogP contribution < -0.4 is 5.73 Å². The minimum absolute atomic E-state index is 0.515. The van der Waals surface area contributed by atoms with Crippen LogP contribution in [0.1, 0.15) is 13.8 Å². The highest BCUT2D eigenvalue weighted by molar-refractivity contribution is 5.64. The van der Waals surface area contributed by atoms with Gasteiger partial charge in [0.1, 0.15) is 6.61 Å². The summed E-state index contributed by atoms with van der Waals surface area (Å²) in [4.78, 5) is 9.98. The zero-order valence-corrected chi connectivity index (χ0v) is 6.50. The number of hydrogen-bond donors (Lipinski definition) is 2. The minimum atomic E-state index is -1.62. The maximum Gasteiger partial charge on any atom is 0.404 e. The highest BCUT2D eigenvalue weighted by Gasteiger charge is 2.27. The molecule has 3 N–H and O–H groups in total. The molecule has 0 aromatic carbocycles. The summed E-state index contributed by atoms with van der Waals surface area (Å²) in [5.74, 6) is 0. The Bertz CT molecular complexity index is 143. The number of nitrogens with two attached hydrogens (primary N) is 1. The van der Waals surface area contributed by atoms with Gasteiger partial charge in [-0.1, -0.05) is 0 Å². The van der Waals surface area contributed by atoms with Gasteiger partial charge in [-0.2, -0.15) is 0 Å². The van der Waals surface area contributed by atoms with Gasteiger partial charge in [0.2, 0.25) is 0 Å². The molecule has 0 aliphatic carbocycles. The van der Waals surface area contributed by atoms with Gasteiger partial charge in [0, 0.05) is 0 Å². The van der Waals surface area contributed by atoms with Crippen molar-refractivity contribution >= 4 is 6.09 Å². The highest BCUT2D eigenvalue weighted by Crippen LogP contribution is 2.12. The van der Waals surface area contributed by atoms with Gasteiger partial charge in [-0.3, -0.25) is 0 Å². The van der Waals surface area contributed by atoms with Crippen LogP contribution in [-0.4, -0.2) is 29.6 Å². The summed E-state index contributed by atoms with van der Waals surface area (Å²) < 4.78 is 16.8. The largest absolute Gasteiger partial charge is 0.446 e. The molecule has 0 aliphatic rings. The Morgan fingerprint density at radius 1 is 1.82 bits per heavy atom. The summed E-state index contributed by atoms with van der Waals surface area (Å²) in [5, 5.41) is 8.99. The smallest absolute Gasteiger partial charge is 0.404 e. The van der Waals surface area contributed by atoms with Crippen molar-refractivity contribution in [2.24, 2.45) is 5.73 Å². The molecule has 1 unspecified atom stereocenters. The molecule has 0 radical (unpaired) electrons. The first-order valence-electron chi connectivity index (χ1n) is 3.12. The van der Waals surface area contributed by atoms with Crippen LogP contribution in [0.15, 0.2) is 0 Å². The Balaban J connectivity index is 3.70. The second kappa shape index (κ2) is 3.52. The molecular formula is C6H12FNO3. The lowest BCUT2D eigenvalue weighted by molar-refractivity contribution is -0.0296. The molecular weight excluding hydrogens is 153 g/mol. The van der Waals surface area contributed by atoms with E-state index >= 15 is 0 Å². The molecule has 0 fully saturated rings. The highest BCUT2D eigenvalue weighted by atomic mass is 19.1. The van der Waals surface area contributed by atoms with Gasteiger partial charge in [0.05, 0.1) is 5.60 Å². The average molecular weight is 165 g/mol. The molecule has 0 rings (SSSR count). The molecule has 0 spiro atoms. The standard InChI is InChI=1S/C6H12FNO3/c1-6(2,10)4(7)3-11-5(8)9/h4,10H,3H2,1-2H3,(H2,8,9). The van der Waals surface area contributed by atoms with E-state index in [2.05, 4.69) is 10.5 Å². The Morgan fingerprint density at radius 2 is 2.27 bits per heavy atom. The lowest BCUT2D eigenvalue weighted by Crippen LogP contribution is -2.37. The predicted molar refractivity (Wildman–Crippen MR) is 36.7 cm³/mol. The third-order valence-corrected chi connectivity index (χ3v) is 1.14. The second-order valence-corrected chi connectivity index (χ2v) is 2.75. The van der Waals surface area contributed by atoms with Crippen molar-refractivity contribution in [2.45, 2.75) is 25.6 Å². The van der Waals surface area contributed by atoms with Crippen LogP contribution in [0, 0.1) is 0 Å². The molecule has 66 valence electrons. The van der Waals surface area contributed by atoms with E-state index in [-0.39, 0.29) is 0 Å². The van der Waals surface area contributed by atoms with Gasteiger partial charge in [-0.25, -0.2) is 9.18 Å². The van der Waals surface area contributed by atoms with Crippen LogP contribution in [0.4, 0.5) is 9.18 Å². The summed E-state index contributed by atoms with van der Waals surface area (Å²) in [6.07, 6.45) is -2.66. The maximum absolute atomic E-state index is 12.7. The van der Waals surface area contributed by atoms with E-state index in [4.69, 9.17) is 5.11 Å². The van der Waals surface area contributed by atoms with Crippen molar-refractivity contribution in [3.63, 3.8) is 0 Å². The van der Waals surface area contributed by atoms with E-state index < -0.39 is 24.5 Å². The Labute approximate surface area is 64.1 Å². The number of carbonyl (C=O) groups is 1. The molecule has 0 aromatic heterocycles. The fourth-order valence-electron chi connectivity index (χ4n) is 0.359. The summed E-state index contributed by atoms with van der Waals surface area (Å²) in [5.41, 5.74) is 3.07. The van der Waals surface area contributed by atoms with E-state index in [9.17, 15) is 9.18 Å². The number of hydrogen-bond acceptors (Lipinski definition) is 3. The fraction of sp³-hybridized carbons (Fsp3) is 0.833. The molecule has 0 saturated heterocycles. The summed E-state index contributed by atoms with van der Waals surface area (Å²) >= 11 is 0. The summed E-state index contributed by atoms with van der Waals surface area (Å²) in [6.45, 7) is 2.04. The molecule has 4 nitrogen and oxygen atoms in total. The molecule has 5 heteroatoms. The van der Waals surface area contributed by atoms with E-state index in [1.165, 1.54) is 13.8 Å². The molecule has 0 heterocycles. The van der Waals surface area contributed by atoms with E-state index in [0.29, 0.717) is 0 Å². The van der Waals surface area contributed by atoms with Crippen LogP contribution in [-0.2, 0) is 4.74 Å². The molecule has 11 heavy (non-hydrogen) atoms. The first-order valence-corrected chi connectivity index (χ1v) is 3.12. The second-order valence-electron chi connectivity index (χ2n) is 2.75. The monoisotopic (exact) mass is 165 g/mol. The van der Waals surface area contributed by atoms with Crippen LogP contribution in [0.3, 0.4) is 0 Å². The Morgan fingerprint density at radius 3 is 2.55 bits per heavy atom. The summed E-state index contributed by atoms with van der Waals surface area (Å²) in [6, 6.07) is 0. The number of amides is 1. The molecule has 0 aliphatic heterocycles. The maximum atomic E-state index is 12.7. The van der Waals surface area contributed by atoms with Crippen molar-refractivity contribution in [1.29, 1.82) is 0 Å². The quantitative estimate of drug-likeness (QED) is 0.627. The average Bonchev–Trinajstić information content (AvgIpc) is 1.80. The number of halogens is 1. The number of alkyl halides is 1. The summed E-state index contributed by atoms with van der Waals surface area (Å²) in [7, 11) is 0. The fourth-order valence-corrected chi connectivity index (χ4v) is 0.359. The lowest BCUT2D eigenvalue weighted by Gasteiger charge is -2.21. The van der Waals surface area contributed by atoms with E-state index in [0.717, 1.165) is 0 Å². The van der Waals surface area contributed by atoms with E-state index in [1.54, 1.807) is 0 Å². The zero-order chi connectivity index (χ0) is 9.07. The predicted octanol–water partition coefficient (Wildman–Crippen LogP) is 0.191. The van der Waals surface area contributed by atoms with Crippen molar-refractivity contribution in [3.05, 3.63) is 0 Å². The van der Waals surface area contributed by atoms with Gasteiger partial charge >= 0.3 is 6.09 Å². The molecule has 1 atom stereocenters. The van der Waals surface area contributed by atoms with Crippen molar-refractivity contribution in [2.75, 3.05) is 6.61 Å². The van der Waals surface area contributed by atoms with Crippen LogP contribution in [0.5, 0.6) is 0 Å². The minimum Gasteiger partial charge on any atom is -0.446 e. The van der Waals surface area contributed by atoms with Gasteiger partial charge in [-0.15, -0.1) is 0 Å². The first-order chi connectivity index (χ1) is 4.84. The third-order valence-electron chi connectivity index (χ3n) is 1.14. The van der Waals surface area contributed by atoms with Gasteiger partial charge in [-0.05, 0) is 13.8 Å². The number of primary amides is 1. The number of aliphatic hydroxyl groups is 1. The molecule has 0 aromatic rings. The number of carbonyl (C=O) groups excluding carboxylic acids is 1. The third kappa shape index (κ3) is 4.55. The van der Waals surface area contributed by atoms with Crippen LogP contribution >= 0.6 is 0 Å². The number of rotatable bonds is 3. The van der Waals surface area contributed by atoms with Gasteiger partial charge in [0.15, 0.2) is 6.17 Å². The lowest BCUT2D eigenvalue weighted by atomic mass is 10.0. The SMILES string of the molecule is CC(C)(O)C(F)COC(N)=O. The van der Waals surface area contributed by atoms with Crippen LogP contribution in [0.2, 0.25) is 0 Å². The van der Waals surface area contributed by atoms with Gasteiger partial charge in [0.25, 0.3) is 0 Å². The Hall–Kier alpha value is -0.840. The topological polar surface area (TPSA) is 72.6 Å². The first kappa shape index (κ1) is 10.2. The number of ether oxygens (including phenoxy) is 1.